The molecule has 3 rings (SSSR count). The number of amides is 1. The van der Waals surface area contributed by atoms with Crippen molar-refractivity contribution in [2.45, 2.75) is 19.9 Å². The van der Waals surface area contributed by atoms with Gasteiger partial charge in [0.25, 0.3) is 5.56 Å². The van der Waals surface area contributed by atoms with Crippen LogP contribution in [0.2, 0.25) is 0 Å². The molecule has 1 N–H and O–H groups in total. The Labute approximate surface area is 145 Å². The van der Waals surface area contributed by atoms with Gasteiger partial charge in [0.05, 0.1) is 13.5 Å². The lowest BCUT2D eigenvalue weighted by Crippen LogP contribution is -2.32. The summed E-state index contributed by atoms with van der Waals surface area (Å²) in [6.07, 6.45) is 0.243. The topological polar surface area (TPSA) is 78.8 Å². The molecule has 0 atom stereocenters. The molecule has 0 fully saturated rings. The minimum Gasteiger partial charge on any atom is -0.496 e. The van der Waals surface area contributed by atoms with Gasteiger partial charge in [-0.05, 0) is 30.7 Å². The number of pyridine rings is 1. The van der Waals surface area contributed by atoms with Crippen LogP contribution in [0.4, 0.5) is 0 Å². The van der Waals surface area contributed by atoms with Crippen molar-refractivity contribution in [2.24, 2.45) is 0 Å². The van der Waals surface area contributed by atoms with Crippen molar-refractivity contribution in [2.75, 3.05) is 20.4 Å². The lowest BCUT2D eigenvalue weighted by Gasteiger charge is -2.12. The lowest BCUT2D eigenvalue weighted by molar-refractivity contribution is -0.120. The molecule has 0 bridgehead atoms. The molecule has 0 radical (unpaired) electrons. The molecule has 25 heavy (non-hydrogen) atoms. The Bertz CT molecular complexity index is 844. The molecule has 7 nitrogen and oxygen atoms in total. The van der Waals surface area contributed by atoms with Crippen molar-refractivity contribution < 1.29 is 19.0 Å². The minimum absolute atomic E-state index is 0.113. The van der Waals surface area contributed by atoms with Crippen LogP contribution in [0, 0.1) is 6.92 Å². The van der Waals surface area contributed by atoms with E-state index in [9.17, 15) is 9.59 Å². The second-order valence-corrected chi connectivity index (χ2v) is 5.74. The highest BCUT2D eigenvalue weighted by atomic mass is 16.7. The number of fused-ring (bicyclic) bond motifs is 1. The number of aryl methyl sites for hydroxylation is 1. The van der Waals surface area contributed by atoms with Crippen LogP contribution in [0.25, 0.3) is 0 Å². The Hall–Kier alpha value is -2.96. The summed E-state index contributed by atoms with van der Waals surface area (Å²) in [5.41, 5.74) is 1.48. The second-order valence-electron chi connectivity index (χ2n) is 5.74. The number of methoxy groups -OCH3 is 1. The third kappa shape index (κ3) is 3.93. The van der Waals surface area contributed by atoms with Gasteiger partial charge in [0.1, 0.15) is 5.75 Å². The Morgan fingerprint density at radius 1 is 1.24 bits per heavy atom. The van der Waals surface area contributed by atoms with E-state index in [1.165, 1.54) is 13.2 Å². The van der Waals surface area contributed by atoms with Gasteiger partial charge in [-0.3, -0.25) is 9.59 Å². The number of carbonyl (C=O) groups is 1. The summed E-state index contributed by atoms with van der Waals surface area (Å²) in [4.78, 5) is 24.1. The van der Waals surface area contributed by atoms with Gasteiger partial charge in [0, 0.05) is 24.8 Å². The van der Waals surface area contributed by atoms with Gasteiger partial charge in [0.15, 0.2) is 11.5 Å². The molecule has 7 heteroatoms. The molecule has 132 valence electrons. The first-order chi connectivity index (χ1) is 12.1. The predicted molar refractivity (Wildman–Crippen MR) is 91.3 cm³/mol. The highest BCUT2D eigenvalue weighted by Gasteiger charge is 2.14. The van der Waals surface area contributed by atoms with E-state index < -0.39 is 0 Å². The number of hydrogen-bond acceptors (Lipinski definition) is 5. The number of nitrogens with one attached hydrogen (secondary N) is 1. The van der Waals surface area contributed by atoms with E-state index in [1.54, 1.807) is 22.8 Å². The number of ether oxygens (including phenoxy) is 3. The average Bonchev–Trinajstić information content (AvgIpc) is 3.04. The van der Waals surface area contributed by atoms with Crippen molar-refractivity contribution in [3.8, 4) is 17.2 Å². The van der Waals surface area contributed by atoms with E-state index in [0.717, 1.165) is 11.3 Å². The zero-order chi connectivity index (χ0) is 17.8. The van der Waals surface area contributed by atoms with Gasteiger partial charge in [0.2, 0.25) is 12.7 Å². The van der Waals surface area contributed by atoms with Crippen LogP contribution in [0.1, 0.15) is 11.3 Å². The van der Waals surface area contributed by atoms with E-state index in [2.05, 4.69) is 5.32 Å². The average molecular weight is 344 g/mol. The van der Waals surface area contributed by atoms with Crippen LogP contribution in [-0.2, 0) is 17.8 Å². The summed E-state index contributed by atoms with van der Waals surface area (Å²) in [5, 5.41) is 2.83. The van der Waals surface area contributed by atoms with E-state index >= 15 is 0 Å². The minimum atomic E-state index is -0.151. The van der Waals surface area contributed by atoms with Crippen molar-refractivity contribution in [1.29, 1.82) is 0 Å². The fourth-order valence-corrected chi connectivity index (χ4v) is 2.71. The number of aromatic nitrogens is 1. The first-order valence-corrected chi connectivity index (χ1v) is 7.97. The molecule has 1 aromatic carbocycles. The molecule has 1 amide bonds. The number of benzene rings is 1. The van der Waals surface area contributed by atoms with Crippen molar-refractivity contribution in [3.05, 3.63) is 51.9 Å². The lowest BCUT2D eigenvalue weighted by atomic mass is 10.1. The standard InChI is InChI=1S/C18H20N2O5/c1-12-7-14(23-2)10-18(22)20(12)6-5-19-17(21)9-13-3-4-15-16(8-13)25-11-24-15/h3-4,7-8,10H,5-6,9,11H2,1-2H3,(H,19,21). The number of nitrogens with zero attached hydrogens (tertiary/aromatic N) is 1. The van der Waals surface area contributed by atoms with Crippen molar-refractivity contribution in [1.82, 2.24) is 9.88 Å². The van der Waals surface area contributed by atoms with Gasteiger partial charge in [-0.25, -0.2) is 0 Å². The van der Waals surface area contributed by atoms with Crippen LogP contribution >= 0.6 is 0 Å². The molecular weight excluding hydrogens is 324 g/mol. The zero-order valence-electron chi connectivity index (χ0n) is 14.2. The molecule has 2 aromatic rings. The Balaban J connectivity index is 1.54. The first-order valence-electron chi connectivity index (χ1n) is 7.97. The Morgan fingerprint density at radius 2 is 2.04 bits per heavy atom. The normalized spacial score (nSPS) is 12.1. The third-order valence-corrected chi connectivity index (χ3v) is 4.00. The van der Waals surface area contributed by atoms with E-state index in [4.69, 9.17) is 14.2 Å². The Morgan fingerprint density at radius 3 is 2.80 bits per heavy atom. The van der Waals surface area contributed by atoms with Crippen LogP contribution in [0.15, 0.2) is 35.1 Å². The SMILES string of the molecule is COc1cc(C)n(CCNC(=O)Cc2ccc3c(c2)OCO3)c(=O)c1. The fourth-order valence-electron chi connectivity index (χ4n) is 2.71. The van der Waals surface area contributed by atoms with Crippen molar-refractivity contribution >= 4 is 5.91 Å². The van der Waals surface area contributed by atoms with Gasteiger partial charge in [-0.1, -0.05) is 6.07 Å². The van der Waals surface area contributed by atoms with Crippen molar-refractivity contribution in [3.63, 3.8) is 0 Å². The summed E-state index contributed by atoms with van der Waals surface area (Å²) >= 11 is 0. The summed E-state index contributed by atoms with van der Waals surface area (Å²) in [6, 6.07) is 8.66. The number of hydrogen-bond donors (Lipinski definition) is 1. The molecular formula is C18H20N2O5. The smallest absolute Gasteiger partial charge is 0.254 e. The molecule has 1 aromatic heterocycles. The molecule has 1 aliphatic rings. The van der Waals surface area contributed by atoms with Crippen LogP contribution < -0.4 is 25.1 Å². The molecule has 1 aliphatic heterocycles. The largest absolute Gasteiger partial charge is 0.496 e. The maximum atomic E-state index is 12.1. The monoisotopic (exact) mass is 344 g/mol. The van der Waals surface area contributed by atoms with Crippen LogP contribution in [0.5, 0.6) is 17.2 Å². The first kappa shape index (κ1) is 16.9. The van der Waals surface area contributed by atoms with Crippen LogP contribution in [-0.4, -0.2) is 30.9 Å². The predicted octanol–water partition coefficient (Wildman–Crippen LogP) is 1.25. The molecule has 0 spiro atoms. The quantitative estimate of drug-likeness (QED) is 0.853. The van der Waals surface area contributed by atoms with Gasteiger partial charge in [-0.15, -0.1) is 0 Å². The van der Waals surface area contributed by atoms with Gasteiger partial charge < -0.3 is 24.1 Å². The third-order valence-electron chi connectivity index (χ3n) is 4.00. The molecule has 0 saturated carbocycles. The number of rotatable bonds is 6. The summed E-state index contributed by atoms with van der Waals surface area (Å²) in [7, 11) is 1.52. The molecule has 2 heterocycles. The molecule has 0 aliphatic carbocycles. The van der Waals surface area contributed by atoms with E-state index in [1.807, 2.05) is 13.0 Å². The maximum absolute atomic E-state index is 12.1. The van der Waals surface area contributed by atoms with E-state index in [0.29, 0.717) is 30.3 Å². The highest BCUT2D eigenvalue weighted by Crippen LogP contribution is 2.32. The summed E-state index contributed by atoms with van der Waals surface area (Å²) in [6.45, 7) is 2.82. The van der Waals surface area contributed by atoms with E-state index in [-0.39, 0.29) is 24.7 Å². The summed E-state index contributed by atoms with van der Waals surface area (Å²) in [5.74, 6) is 1.77. The summed E-state index contributed by atoms with van der Waals surface area (Å²) < 4.78 is 17.2. The zero-order valence-corrected chi connectivity index (χ0v) is 14.2. The van der Waals surface area contributed by atoms with Crippen LogP contribution in [0.3, 0.4) is 0 Å². The van der Waals surface area contributed by atoms with Gasteiger partial charge >= 0.3 is 0 Å². The fraction of sp³-hybridized carbons (Fsp3) is 0.333. The maximum Gasteiger partial charge on any atom is 0.254 e. The van der Waals surface area contributed by atoms with Gasteiger partial charge in [-0.2, -0.15) is 0 Å². The number of carbonyl (C=O) groups excluding carboxylic acids is 1. The molecule has 0 unspecified atom stereocenters. The Kier molecular flexibility index (Phi) is 4.92. The highest BCUT2D eigenvalue weighted by molar-refractivity contribution is 5.78. The molecule has 0 saturated heterocycles. The second kappa shape index (κ2) is 7.29.